The van der Waals surface area contributed by atoms with Crippen LogP contribution in [-0.2, 0) is 0 Å². The van der Waals surface area contributed by atoms with E-state index in [1.807, 2.05) is 19.1 Å². The Morgan fingerprint density at radius 1 is 1.20 bits per heavy atom. The van der Waals surface area contributed by atoms with E-state index in [2.05, 4.69) is 6.92 Å². The molecule has 0 saturated heterocycles. The fourth-order valence-corrected chi connectivity index (χ4v) is 1.40. The number of phenolic OH excluding ortho intramolecular Hbond substituents is 1. The van der Waals surface area contributed by atoms with Crippen LogP contribution in [-0.4, -0.2) is 11.7 Å². The highest BCUT2D eigenvalue weighted by Crippen LogP contribution is 2.22. The maximum Gasteiger partial charge on any atom is 0.122 e. The summed E-state index contributed by atoms with van der Waals surface area (Å²) < 4.78 is 5.53. The van der Waals surface area contributed by atoms with Gasteiger partial charge in [-0.25, -0.2) is 0 Å². The first kappa shape index (κ1) is 11.9. The highest BCUT2D eigenvalue weighted by molar-refractivity contribution is 5.38. The molecule has 2 nitrogen and oxygen atoms in total. The van der Waals surface area contributed by atoms with Crippen LogP contribution >= 0.6 is 0 Å². The lowest BCUT2D eigenvalue weighted by Gasteiger charge is -2.07. The number of ether oxygens (including phenoxy) is 1. The Hall–Kier alpha value is -1.18. The molecule has 1 N–H and O–H groups in total. The molecule has 0 fully saturated rings. The van der Waals surface area contributed by atoms with Gasteiger partial charge in [0.1, 0.15) is 11.5 Å². The second kappa shape index (κ2) is 6.33. The largest absolute Gasteiger partial charge is 0.508 e. The maximum atomic E-state index is 9.46. The summed E-state index contributed by atoms with van der Waals surface area (Å²) >= 11 is 0. The van der Waals surface area contributed by atoms with Crippen LogP contribution in [0.5, 0.6) is 11.5 Å². The van der Waals surface area contributed by atoms with Gasteiger partial charge in [0.25, 0.3) is 0 Å². The van der Waals surface area contributed by atoms with E-state index >= 15 is 0 Å². The van der Waals surface area contributed by atoms with Gasteiger partial charge in [-0.2, -0.15) is 0 Å². The smallest absolute Gasteiger partial charge is 0.122 e. The number of hydrogen-bond acceptors (Lipinski definition) is 2. The minimum Gasteiger partial charge on any atom is -0.508 e. The van der Waals surface area contributed by atoms with E-state index in [1.54, 1.807) is 6.07 Å². The number of unbranched alkanes of at least 4 members (excludes halogenated alkanes) is 3. The maximum absolute atomic E-state index is 9.46. The minimum atomic E-state index is 0.307. The molecule has 0 aliphatic rings. The Morgan fingerprint density at radius 2 is 2.00 bits per heavy atom. The van der Waals surface area contributed by atoms with Gasteiger partial charge in [-0.3, -0.25) is 0 Å². The number of phenols is 1. The van der Waals surface area contributed by atoms with E-state index in [0.29, 0.717) is 5.75 Å². The standard InChI is InChI=1S/C13H20O2/c1-3-4-5-6-9-15-12-8-7-11(2)13(14)10-12/h7-8,10,14H,3-6,9H2,1-2H3. The Balaban J connectivity index is 2.28. The predicted octanol–water partition coefficient (Wildman–Crippen LogP) is 3.66. The van der Waals surface area contributed by atoms with Crippen molar-refractivity contribution < 1.29 is 9.84 Å². The van der Waals surface area contributed by atoms with Crippen LogP contribution < -0.4 is 4.74 Å². The molecule has 0 unspecified atom stereocenters. The van der Waals surface area contributed by atoms with Crippen molar-refractivity contribution in [2.45, 2.75) is 39.5 Å². The van der Waals surface area contributed by atoms with Crippen LogP contribution in [0.25, 0.3) is 0 Å². The van der Waals surface area contributed by atoms with E-state index in [-0.39, 0.29) is 0 Å². The van der Waals surface area contributed by atoms with Crippen molar-refractivity contribution in [3.8, 4) is 11.5 Å². The third-order valence-electron chi connectivity index (χ3n) is 2.45. The molecule has 0 amide bonds. The Kier molecular flexibility index (Phi) is 5.02. The molecule has 2 heteroatoms. The highest BCUT2D eigenvalue weighted by Gasteiger charge is 1.98. The first-order chi connectivity index (χ1) is 7.24. The third-order valence-corrected chi connectivity index (χ3v) is 2.45. The van der Waals surface area contributed by atoms with E-state index in [1.165, 1.54) is 19.3 Å². The molecule has 0 saturated carbocycles. The highest BCUT2D eigenvalue weighted by atomic mass is 16.5. The lowest BCUT2D eigenvalue weighted by Crippen LogP contribution is -1.97. The van der Waals surface area contributed by atoms with Crippen molar-refractivity contribution in [2.24, 2.45) is 0 Å². The van der Waals surface area contributed by atoms with Gasteiger partial charge in [-0.05, 0) is 25.0 Å². The Labute approximate surface area is 91.9 Å². The molecule has 0 radical (unpaired) electrons. The second-order valence-electron chi connectivity index (χ2n) is 3.86. The van der Waals surface area contributed by atoms with Gasteiger partial charge in [-0.1, -0.05) is 32.3 Å². The first-order valence-corrected chi connectivity index (χ1v) is 5.66. The van der Waals surface area contributed by atoms with Crippen molar-refractivity contribution in [2.75, 3.05) is 6.61 Å². The van der Waals surface area contributed by atoms with Crippen molar-refractivity contribution in [3.05, 3.63) is 23.8 Å². The lowest BCUT2D eigenvalue weighted by atomic mass is 10.2. The van der Waals surface area contributed by atoms with Gasteiger partial charge in [0, 0.05) is 6.07 Å². The molecule has 1 aromatic rings. The number of benzene rings is 1. The fraction of sp³-hybridized carbons (Fsp3) is 0.538. The second-order valence-corrected chi connectivity index (χ2v) is 3.86. The zero-order chi connectivity index (χ0) is 11.1. The topological polar surface area (TPSA) is 29.5 Å². The molecule has 0 bridgehead atoms. The monoisotopic (exact) mass is 208 g/mol. The number of hydrogen-bond donors (Lipinski definition) is 1. The van der Waals surface area contributed by atoms with Gasteiger partial charge >= 0.3 is 0 Å². The molecule has 0 atom stereocenters. The summed E-state index contributed by atoms with van der Waals surface area (Å²) in [6.45, 7) is 4.81. The van der Waals surface area contributed by atoms with E-state index < -0.39 is 0 Å². The van der Waals surface area contributed by atoms with Gasteiger partial charge in [0.2, 0.25) is 0 Å². The van der Waals surface area contributed by atoms with Crippen molar-refractivity contribution in [1.82, 2.24) is 0 Å². The zero-order valence-electron chi connectivity index (χ0n) is 9.62. The molecule has 0 aliphatic heterocycles. The number of rotatable bonds is 6. The van der Waals surface area contributed by atoms with E-state index in [4.69, 9.17) is 4.74 Å². The van der Waals surface area contributed by atoms with E-state index in [0.717, 1.165) is 24.3 Å². The Bertz CT molecular complexity index is 295. The zero-order valence-corrected chi connectivity index (χ0v) is 9.62. The van der Waals surface area contributed by atoms with Crippen LogP contribution in [0.1, 0.15) is 38.2 Å². The van der Waals surface area contributed by atoms with Crippen LogP contribution in [0, 0.1) is 6.92 Å². The number of aryl methyl sites for hydroxylation is 1. The summed E-state index contributed by atoms with van der Waals surface area (Å²) in [7, 11) is 0. The molecule has 0 aliphatic carbocycles. The van der Waals surface area contributed by atoms with Crippen molar-refractivity contribution in [1.29, 1.82) is 0 Å². The first-order valence-electron chi connectivity index (χ1n) is 5.66. The summed E-state index contributed by atoms with van der Waals surface area (Å²) in [5.74, 6) is 1.07. The van der Waals surface area contributed by atoms with Gasteiger partial charge < -0.3 is 9.84 Å². The molecule has 15 heavy (non-hydrogen) atoms. The summed E-state index contributed by atoms with van der Waals surface area (Å²) in [4.78, 5) is 0. The molecular weight excluding hydrogens is 188 g/mol. The fourth-order valence-electron chi connectivity index (χ4n) is 1.40. The van der Waals surface area contributed by atoms with Crippen LogP contribution in [0.15, 0.2) is 18.2 Å². The SMILES string of the molecule is CCCCCCOc1ccc(C)c(O)c1. The molecule has 84 valence electrons. The molecule has 1 rings (SSSR count). The van der Waals surface area contributed by atoms with Crippen molar-refractivity contribution >= 4 is 0 Å². The molecule has 0 aromatic heterocycles. The Morgan fingerprint density at radius 3 is 2.67 bits per heavy atom. The summed E-state index contributed by atoms with van der Waals surface area (Å²) in [5, 5.41) is 9.46. The van der Waals surface area contributed by atoms with Crippen LogP contribution in [0.4, 0.5) is 0 Å². The number of aromatic hydroxyl groups is 1. The summed E-state index contributed by atoms with van der Waals surface area (Å²) in [5.41, 5.74) is 0.883. The predicted molar refractivity (Wildman–Crippen MR) is 62.5 cm³/mol. The molecule has 1 aromatic carbocycles. The summed E-state index contributed by atoms with van der Waals surface area (Å²) in [6, 6.07) is 5.45. The van der Waals surface area contributed by atoms with Crippen molar-refractivity contribution in [3.63, 3.8) is 0 Å². The normalized spacial score (nSPS) is 10.3. The lowest BCUT2D eigenvalue weighted by molar-refractivity contribution is 0.303. The van der Waals surface area contributed by atoms with Crippen LogP contribution in [0.3, 0.4) is 0 Å². The van der Waals surface area contributed by atoms with E-state index in [9.17, 15) is 5.11 Å². The minimum absolute atomic E-state index is 0.307. The molecular formula is C13H20O2. The average Bonchev–Trinajstić information content (AvgIpc) is 2.23. The molecule has 0 spiro atoms. The summed E-state index contributed by atoms with van der Waals surface area (Å²) in [6.07, 6.45) is 4.81. The van der Waals surface area contributed by atoms with Gasteiger partial charge in [0.05, 0.1) is 6.61 Å². The quantitative estimate of drug-likeness (QED) is 0.723. The van der Waals surface area contributed by atoms with Crippen LogP contribution in [0.2, 0.25) is 0 Å². The van der Waals surface area contributed by atoms with Gasteiger partial charge in [-0.15, -0.1) is 0 Å². The van der Waals surface area contributed by atoms with Gasteiger partial charge in [0.15, 0.2) is 0 Å². The average molecular weight is 208 g/mol. The third kappa shape index (κ3) is 4.24. The molecule has 0 heterocycles.